The molecule has 2 aromatic carbocycles. The van der Waals surface area contributed by atoms with E-state index in [-0.39, 0.29) is 11.9 Å². The van der Waals surface area contributed by atoms with Gasteiger partial charge in [-0.1, -0.05) is 87.8 Å². The van der Waals surface area contributed by atoms with Crippen LogP contribution in [0, 0.1) is 0 Å². The second-order valence-corrected chi connectivity index (χ2v) is 8.39. The van der Waals surface area contributed by atoms with Crippen LogP contribution < -0.4 is 0 Å². The molecule has 1 heterocycles. The van der Waals surface area contributed by atoms with E-state index < -0.39 is 0 Å². The van der Waals surface area contributed by atoms with E-state index in [1.807, 2.05) is 48.6 Å². The Morgan fingerprint density at radius 3 is 1.28 bits per heavy atom. The number of ether oxygens (including phenoxy) is 2. The molecule has 4 heteroatoms. The monoisotopic (exact) mass is 434 g/mol. The van der Waals surface area contributed by atoms with E-state index in [4.69, 9.17) is 9.47 Å². The van der Waals surface area contributed by atoms with Gasteiger partial charge in [-0.3, -0.25) is 0 Å². The molecule has 4 bridgehead atoms. The van der Waals surface area contributed by atoms with Gasteiger partial charge in [0.25, 0.3) is 0 Å². The second-order valence-electron chi connectivity index (χ2n) is 8.39. The highest BCUT2D eigenvalue weighted by molar-refractivity contribution is 5.91. The summed E-state index contributed by atoms with van der Waals surface area (Å²) in [7, 11) is 0. The molecule has 0 aliphatic carbocycles. The fraction of sp³-hybridized carbons (Fsp3) is 0.429. The molecule has 3 rings (SSSR count). The number of fused-ring (bicyclic) bond motifs is 4. The van der Waals surface area contributed by atoms with E-state index in [0.717, 1.165) is 36.8 Å². The van der Waals surface area contributed by atoms with Crippen LogP contribution in [-0.2, 0) is 9.47 Å². The van der Waals surface area contributed by atoms with Crippen molar-refractivity contribution in [1.82, 2.24) is 0 Å². The quantitative estimate of drug-likeness (QED) is 0.416. The summed E-state index contributed by atoms with van der Waals surface area (Å²) in [5.41, 5.74) is 2.92. The SMILES string of the molecule is O=C1OCCCCCCCCCCCCOC(=O)c2cccc(c2)/C=C\c2cccc1c2. The fourth-order valence-corrected chi connectivity index (χ4v) is 3.85. The van der Waals surface area contributed by atoms with Crippen LogP contribution in [0.5, 0.6) is 0 Å². The number of esters is 2. The summed E-state index contributed by atoms with van der Waals surface area (Å²) in [6, 6.07) is 14.8. The Morgan fingerprint density at radius 1 is 0.500 bits per heavy atom. The minimum atomic E-state index is -0.278. The molecule has 0 saturated heterocycles. The zero-order valence-corrected chi connectivity index (χ0v) is 18.9. The van der Waals surface area contributed by atoms with Gasteiger partial charge in [0.1, 0.15) is 0 Å². The maximum Gasteiger partial charge on any atom is 0.338 e. The van der Waals surface area contributed by atoms with Gasteiger partial charge in [-0.25, -0.2) is 9.59 Å². The van der Waals surface area contributed by atoms with E-state index in [1.54, 1.807) is 12.1 Å². The molecule has 1 aliphatic heterocycles. The molecule has 0 N–H and O–H groups in total. The number of cyclic esters (lactones) is 2. The summed E-state index contributed by atoms with van der Waals surface area (Å²) in [6.07, 6.45) is 15.2. The summed E-state index contributed by atoms with van der Waals surface area (Å²) >= 11 is 0. The van der Waals surface area contributed by atoms with Gasteiger partial charge in [0.15, 0.2) is 0 Å². The average Bonchev–Trinajstić information content (AvgIpc) is 2.82. The summed E-state index contributed by atoms with van der Waals surface area (Å²) in [6.45, 7) is 0.948. The maximum absolute atomic E-state index is 12.4. The zero-order chi connectivity index (χ0) is 22.4. The van der Waals surface area contributed by atoms with Crippen LogP contribution in [0.25, 0.3) is 12.2 Å². The van der Waals surface area contributed by atoms with Crippen LogP contribution >= 0.6 is 0 Å². The van der Waals surface area contributed by atoms with Crippen LogP contribution in [0.4, 0.5) is 0 Å². The molecule has 0 atom stereocenters. The molecule has 2 aromatic rings. The van der Waals surface area contributed by atoms with Crippen LogP contribution in [0.2, 0.25) is 0 Å². The van der Waals surface area contributed by atoms with Gasteiger partial charge in [0.05, 0.1) is 24.3 Å². The number of carbonyl (C=O) groups is 2. The largest absolute Gasteiger partial charge is 0.462 e. The first-order chi connectivity index (χ1) is 15.7. The molecule has 0 aromatic heterocycles. The first-order valence-electron chi connectivity index (χ1n) is 11.9. The van der Waals surface area contributed by atoms with Crippen molar-refractivity contribution in [3.63, 3.8) is 0 Å². The predicted molar refractivity (Wildman–Crippen MR) is 129 cm³/mol. The Balaban J connectivity index is 1.67. The van der Waals surface area contributed by atoms with Gasteiger partial charge < -0.3 is 9.47 Å². The Morgan fingerprint density at radius 2 is 0.875 bits per heavy atom. The Labute approximate surface area is 191 Å². The summed E-state index contributed by atoms with van der Waals surface area (Å²) in [4.78, 5) is 24.7. The van der Waals surface area contributed by atoms with Crippen LogP contribution in [-0.4, -0.2) is 25.2 Å². The first kappa shape index (κ1) is 23.8. The van der Waals surface area contributed by atoms with E-state index in [1.165, 1.54) is 38.5 Å². The molecule has 0 spiro atoms. The topological polar surface area (TPSA) is 52.6 Å². The minimum Gasteiger partial charge on any atom is -0.462 e. The molecule has 1 aliphatic rings. The summed E-state index contributed by atoms with van der Waals surface area (Å²) in [5.74, 6) is -0.557. The molecular weight excluding hydrogens is 400 g/mol. The highest BCUT2D eigenvalue weighted by Crippen LogP contribution is 2.15. The standard InChI is InChI=1S/C28H34O4/c29-27-25-15-11-13-23(21-25)17-18-24-14-12-16-26(22-24)28(30)32-20-10-8-6-4-2-1-3-5-7-9-19-31-27/h11-18,21-22H,1-10,19-20H2/b18-17-. The lowest BCUT2D eigenvalue weighted by atomic mass is 10.1. The first-order valence-corrected chi connectivity index (χ1v) is 11.9. The number of hydrogen-bond donors (Lipinski definition) is 0. The lowest BCUT2D eigenvalue weighted by Crippen LogP contribution is -2.06. The molecule has 170 valence electrons. The van der Waals surface area contributed by atoms with Gasteiger partial charge in [-0.2, -0.15) is 0 Å². The molecule has 32 heavy (non-hydrogen) atoms. The zero-order valence-electron chi connectivity index (χ0n) is 18.9. The highest BCUT2D eigenvalue weighted by atomic mass is 16.5. The third-order valence-corrected chi connectivity index (χ3v) is 5.72. The normalized spacial score (nSPS) is 18.6. The van der Waals surface area contributed by atoms with Gasteiger partial charge >= 0.3 is 11.9 Å². The van der Waals surface area contributed by atoms with Crippen LogP contribution in [0.1, 0.15) is 96.1 Å². The van der Waals surface area contributed by atoms with Gasteiger partial charge in [0, 0.05) is 0 Å². The van der Waals surface area contributed by atoms with Gasteiger partial charge in [-0.15, -0.1) is 0 Å². The van der Waals surface area contributed by atoms with Crippen molar-refractivity contribution in [3.8, 4) is 0 Å². The number of rotatable bonds is 0. The average molecular weight is 435 g/mol. The lowest BCUT2D eigenvalue weighted by Gasteiger charge is -2.07. The van der Waals surface area contributed by atoms with Crippen molar-refractivity contribution in [3.05, 3.63) is 70.8 Å². The van der Waals surface area contributed by atoms with Crippen LogP contribution in [0.3, 0.4) is 0 Å². The van der Waals surface area contributed by atoms with Crippen molar-refractivity contribution in [2.75, 3.05) is 13.2 Å². The molecular formula is C28H34O4. The summed E-state index contributed by atoms with van der Waals surface area (Å²) < 4.78 is 10.9. The number of benzene rings is 2. The molecule has 0 amide bonds. The number of hydrogen-bond acceptors (Lipinski definition) is 4. The van der Waals surface area contributed by atoms with E-state index in [0.29, 0.717) is 24.3 Å². The Hall–Kier alpha value is -2.88. The van der Waals surface area contributed by atoms with Gasteiger partial charge in [-0.05, 0) is 48.2 Å². The predicted octanol–water partition coefficient (Wildman–Crippen LogP) is 7.09. The molecule has 4 nitrogen and oxygen atoms in total. The van der Waals surface area contributed by atoms with Gasteiger partial charge in [0.2, 0.25) is 0 Å². The van der Waals surface area contributed by atoms with E-state index in [2.05, 4.69) is 0 Å². The molecule has 0 fully saturated rings. The van der Waals surface area contributed by atoms with E-state index >= 15 is 0 Å². The molecule has 0 unspecified atom stereocenters. The second kappa shape index (κ2) is 13.5. The number of carbonyl (C=O) groups excluding carboxylic acids is 2. The van der Waals surface area contributed by atoms with Crippen molar-refractivity contribution in [2.24, 2.45) is 0 Å². The van der Waals surface area contributed by atoms with Crippen molar-refractivity contribution in [2.45, 2.75) is 64.2 Å². The highest BCUT2D eigenvalue weighted by Gasteiger charge is 2.08. The van der Waals surface area contributed by atoms with Crippen molar-refractivity contribution in [1.29, 1.82) is 0 Å². The fourth-order valence-electron chi connectivity index (χ4n) is 3.85. The Kier molecular flexibility index (Phi) is 10.0. The smallest absolute Gasteiger partial charge is 0.338 e. The maximum atomic E-state index is 12.4. The summed E-state index contributed by atoms with van der Waals surface area (Å²) in [5, 5.41) is 0. The van der Waals surface area contributed by atoms with Crippen molar-refractivity contribution >= 4 is 24.1 Å². The van der Waals surface area contributed by atoms with E-state index in [9.17, 15) is 9.59 Å². The molecule has 0 saturated carbocycles. The van der Waals surface area contributed by atoms with Crippen LogP contribution in [0.15, 0.2) is 48.5 Å². The third-order valence-electron chi connectivity index (χ3n) is 5.72. The lowest BCUT2D eigenvalue weighted by molar-refractivity contribution is 0.0488. The Bertz CT molecular complexity index is 826. The minimum absolute atomic E-state index is 0.278. The molecule has 0 radical (unpaired) electrons. The van der Waals surface area contributed by atoms with Crippen molar-refractivity contribution < 1.29 is 19.1 Å². The third kappa shape index (κ3) is 8.33.